The number of nitrogens with one attached hydrogen (secondary N) is 1. The average molecular weight is 276 g/mol. The number of hydrogen-bond donors (Lipinski definition) is 2. The Hall–Kier alpha value is -1.35. The molecular weight excluding hydrogens is 248 g/mol. The lowest BCUT2D eigenvalue weighted by Crippen LogP contribution is -2.30. The molecule has 0 spiro atoms. The van der Waals surface area contributed by atoms with Crippen molar-refractivity contribution >= 4 is 5.84 Å². The minimum Gasteiger partial charge on any atom is -0.387 e. The third kappa shape index (κ3) is 6.71. The number of hydrogen-bond acceptors (Lipinski definition) is 2. The first-order chi connectivity index (χ1) is 9.52. The van der Waals surface area contributed by atoms with E-state index < -0.39 is 0 Å². The Balaban J connectivity index is 1.97. The molecule has 0 saturated heterocycles. The topological polar surface area (TPSA) is 59.1 Å². The number of aryl methyl sites for hydroxylation is 1. The Morgan fingerprint density at radius 1 is 1.10 bits per heavy atom. The van der Waals surface area contributed by atoms with Gasteiger partial charge in [0.25, 0.3) is 0 Å². The normalized spacial score (nSPS) is 11.5. The zero-order valence-corrected chi connectivity index (χ0v) is 12.8. The summed E-state index contributed by atoms with van der Waals surface area (Å²) in [5.41, 5.74) is 6.76. The van der Waals surface area contributed by atoms with Crippen molar-refractivity contribution in [2.45, 2.75) is 46.0 Å². The van der Waals surface area contributed by atoms with Crippen molar-refractivity contribution in [3.05, 3.63) is 35.9 Å². The van der Waals surface area contributed by atoms with E-state index in [1.54, 1.807) is 0 Å². The van der Waals surface area contributed by atoms with Gasteiger partial charge in [0, 0.05) is 18.6 Å². The van der Waals surface area contributed by atoms with Gasteiger partial charge in [0.15, 0.2) is 0 Å². The number of ether oxygens (including phenoxy) is 1. The smallest absolute Gasteiger partial charge is 0.0963 e. The summed E-state index contributed by atoms with van der Waals surface area (Å²) in [7, 11) is 0. The van der Waals surface area contributed by atoms with Gasteiger partial charge in [-0.05, 0) is 31.2 Å². The Morgan fingerprint density at radius 3 is 2.40 bits per heavy atom. The second-order valence-electron chi connectivity index (χ2n) is 5.96. The van der Waals surface area contributed by atoms with Gasteiger partial charge in [0.1, 0.15) is 0 Å². The molecule has 0 aliphatic rings. The van der Waals surface area contributed by atoms with Crippen LogP contribution in [0.4, 0.5) is 0 Å². The largest absolute Gasteiger partial charge is 0.387 e. The van der Waals surface area contributed by atoms with Crippen LogP contribution in [0.2, 0.25) is 0 Å². The van der Waals surface area contributed by atoms with Gasteiger partial charge in [-0.2, -0.15) is 0 Å². The molecule has 0 heterocycles. The summed E-state index contributed by atoms with van der Waals surface area (Å²) in [4.78, 5) is 0. The summed E-state index contributed by atoms with van der Waals surface area (Å²) in [6.07, 6.45) is 5.21. The molecular formula is C17H28N2O. The van der Waals surface area contributed by atoms with E-state index in [1.807, 2.05) is 19.9 Å². The van der Waals surface area contributed by atoms with E-state index in [0.717, 1.165) is 45.3 Å². The molecule has 0 aromatic heterocycles. The molecule has 0 amide bonds. The highest BCUT2D eigenvalue weighted by atomic mass is 16.5. The fourth-order valence-electron chi connectivity index (χ4n) is 2.03. The van der Waals surface area contributed by atoms with E-state index in [4.69, 9.17) is 15.9 Å². The summed E-state index contributed by atoms with van der Waals surface area (Å²) in [5.74, 6) is 0.279. The first kappa shape index (κ1) is 16.7. The Bertz CT molecular complexity index is 387. The van der Waals surface area contributed by atoms with Gasteiger partial charge in [-0.3, -0.25) is 5.41 Å². The molecule has 1 rings (SSSR count). The van der Waals surface area contributed by atoms with Gasteiger partial charge in [0.2, 0.25) is 0 Å². The number of amidine groups is 1. The van der Waals surface area contributed by atoms with Crippen molar-refractivity contribution in [2.75, 3.05) is 13.2 Å². The summed E-state index contributed by atoms with van der Waals surface area (Å²) >= 11 is 0. The zero-order valence-electron chi connectivity index (χ0n) is 12.8. The molecule has 0 aliphatic heterocycles. The highest BCUT2D eigenvalue weighted by Gasteiger charge is 2.20. The predicted octanol–water partition coefficient (Wildman–Crippen LogP) is 3.77. The minimum atomic E-state index is -0.173. The molecule has 3 heteroatoms. The lowest BCUT2D eigenvalue weighted by Gasteiger charge is -2.22. The van der Waals surface area contributed by atoms with E-state index in [9.17, 15) is 0 Å². The monoisotopic (exact) mass is 276 g/mol. The van der Waals surface area contributed by atoms with Gasteiger partial charge in [0.05, 0.1) is 5.84 Å². The van der Waals surface area contributed by atoms with Crippen molar-refractivity contribution in [1.82, 2.24) is 0 Å². The van der Waals surface area contributed by atoms with E-state index in [2.05, 4.69) is 24.3 Å². The van der Waals surface area contributed by atoms with Crippen LogP contribution in [0.25, 0.3) is 0 Å². The Morgan fingerprint density at radius 2 is 1.75 bits per heavy atom. The second kappa shape index (κ2) is 8.75. The molecule has 1 aromatic carbocycles. The second-order valence-corrected chi connectivity index (χ2v) is 5.96. The Labute approximate surface area is 123 Å². The van der Waals surface area contributed by atoms with Gasteiger partial charge >= 0.3 is 0 Å². The third-order valence-corrected chi connectivity index (χ3v) is 3.67. The molecule has 0 fully saturated rings. The van der Waals surface area contributed by atoms with Crippen LogP contribution in [0.15, 0.2) is 30.3 Å². The lowest BCUT2D eigenvalue weighted by atomic mass is 9.86. The summed E-state index contributed by atoms with van der Waals surface area (Å²) in [6, 6.07) is 10.5. The molecule has 20 heavy (non-hydrogen) atoms. The van der Waals surface area contributed by atoms with Crippen LogP contribution in [-0.4, -0.2) is 19.0 Å². The molecule has 1 aromatic rings. The van der Waals surface area contributed by atoms with Gasteiger partial charge in [-0.1, -0.05) is 50.6 Å². The van der Waals surface area contributed by atoms with Gasteiger partial charge < -0.3 is 10.5 Å². The lowest BCUT2D eigenvalue weighted by molar-refractivity contribution is 0.126. The van der Waals surface area contributed by atoms with E-state index in [0.29, 0.717) is 0 Å². The third-order valence-electron chi connectivity index (χ3n) is 3.67. The van der Waals surface area contributed by atoms with E-state index in [-0.39, 0.29) is 11.3 Å². The summed E-state index contributed by atoms with van der Waals surface area (Å²) < 4.78 is 5.65. The van der Waals surface area contributed by atoms with Crippen LogP contribution >= 0.6 is 0 Å². The maximum Gasteiger partial charge on any atom is 0.0963 e. The maximum atomic E-state index is 7.50. The van der Waals surface area contributed by atoms with Gasteiger partial charge in [-0.25, -0.2) is 0 Å². The van der Waals surface area contributed by atoms with Crippen LogP contribution in [0, 0.1) is 10.8 Å². The highest BCUT2D eigenvalue weighted by Crippen LogP contribution is 2.22. The Kier molecular flexibility index (Phi) is 7.31. The fourth-order valence-corrected chi connectivity index (χ4v) is 2.03. The van der Waals surface area contributed by atoms with Crippen molar-refractivity contribution < 1.29 is 4.74 Å². The molecule has 0 bridgehead atoms. The SMILES string of the molecule is CC(C)(CCCCOCCCc1ccccc1)C(=N)N. The fraction of sp³-hybridized carbons (Fsp3) is 0.588. The van der Waals surface area contributed by atoms with Crippen molar-refractivity contribution in [3.8, 4) is 0 Å². The van der Waals surface area contributed by atoms with E-state index >= 15 is 0 Å². The van der Waals surface area contributed by atoms with Crippen molar-refractivity contribution in [1.29, 1.82) is 5.41 Å². The van der Waals surface area contributed by atoms with Gasteiger partial charge in [-0.15, -0.1) is 0 Å². The number of rotatable bonds is 10. The van der Waals surface area contributed by atoms with Crippen LogP contribution in [0.1, 0.15) is 45.1 Å². The van der Waals surface area contributed by atoms with Crippen LogP contribution in [-0.2, 0) is 11.2 Å². The van der Waals surface area contributed by atoms with Crippen LogP contribution in [0.3, 0.4) is 0 Å². The zero-order chi connectivity index (χ0) is 14.8. The van der Waals surface area contributed by atoms with Crippen molar-refractivity contribution in [2.24, 2.45) is 11.1 Å². The molecule has 0 unspecified atom stereocenters. The molecule has 3 N–H and O–H groups in total. The van der Waals surface area contributed by atoms with Crippen LogP contribution < -0.4 is 5.73 Å². The molecule has 0 aliphatic carbocycles. The number of unbranched alkanes of at least 4 members (excludes halogenated alkanes) is 1. The summed E-state index contributed by atoms with van der Waals surface area (Å²) in [5, 5.41) is 7.50. The quantitative estimate of drug-likeness (QED) is 0.388. The first-order valence-corrected chi connectivity index (χ1v) is 7.48. The molecule has 3 nitrogen and oxygen atoms in total. The highest BCUT2D eigenvalue weighted by molar-refractivity contribution is 5.82. The summed E-state index contributed by atoms with van der Waals surface area (Å²) in [6.45, 7) is 5.68. The van der Waals surface area contributed by atoms with E-state index in [1.165, 1.54) is 5.56 Å². The maximum absolute atomic E-state index is 7.50. The predicted molar refractivity (Wildman–Crippen MR) is 85.1 cm³/mol. The minimum absolute atomic E-state index is 0.173. The van der Waals surface area contributed by atoms with Crippen LogP contribution in [0.5, 0.6) is 0 Å². The first-order valence-electron chi connectivity index (χ1n) is 7.48. The van der Waals surface area contributed by atoms with Crippen molar-refractivity contribution in [3.63, 3.8) is 0 Å². The number of nitrogens with two attached hydrogens (primary N) is 1. The molecule has 0 atom stereocenters. The molecule has 112 valence electrons. The average Bonchev–Trinajstić information content (AvgIpc) is 2.42. The number of benzene rings is 1. The standard InChI is InChI=1S/C17H28N2O/c1-17(2,16(18)19)12-6-7-13-20-14-8-11-15-9-4-3-5-10-15/h3-5,9-10H,6-8,11-14H2,1-2H3,(H3,18,19). The molecule has 0 radical (unpaired) electrons. The molecule has 0 saturated carbocycles.